The van der Waals surface area contributed by atoms with Gasteiger partial charge in [0.1, 0.15) is 0 Å². The van der Waals surface area contributed by atoms with E-state index < -0.39 is 0 Å². The van der Waals surface area contributed by atoms with Crippen LogP contribution in [0.2, 0.25) is 0 Å². The van der Waals surface area contributed by atoms with Crippen LogP contribution in [-0.4, -0.2) is 53.6 Å². The van der Waals surface area contributed by atoms with Gasteiger partial charge in [0.15, 0.2) is 0 Å². The minimum Gasteiger partial charge on any atom is -0.329 e. The van der Waals surface area contributed by atoms with Gasteiger partial charge in [0.05, 0.1) is 0 Å². The first-order valence-electron chi connectivity index (χ1n) is 7.84. The molecule has 2 fully saturated rings. The van der Waals surface area contributed by atoms with Crippen molar-refractivity contribution >= 4 is 0 Å². The lowest BCUT2D eigenvalue weighted by atomic mass is 9.88. The third-order valence-corrected chi connectivity index (χ3v) is 5.18. The first kappa shape index (κ1) is 14.3. The van der Waals surface area contributed by atoms with Crippen LogP contribution >= 0.6 is 0 Å². The number of hydrogen-bond acceptors (Lipinski definition) is 3. The lowest BCUT2D eigenvalue weighted by Crippen LogP contribution is -2.60. The molecule has 2 N–H and O–H groups in total. The number of hydrogen-bond donors (Lipinski definition) is 1. The molecule has 2 saturated heterocycles. The second kappa shape index (κ2) is 5.89. The van der Waals surface area contributed by atoms with Crippen molar-refractivity contribution < 1.29 is 0 Å². The first-order chi connectivity index (χ1) is 8.63. The Balaban J connectivity index is 2.11. The van der Waals surface area contributed by atoms with E-state index >= 15 is 0 Å². The van der Waals surface area contributed by atoms with E-state index in [4.69, 9.17) is 5.73 Å². The SMILES string of the molecule is CCC1CCCCN1C1(CN)CCN(C(C)C)C1. The van der Waals surface area contributed by atoms with Crippen molar-refractivity contribution in [1.82, 2.24) is 9.80 Å². The van der Waals surface area contributed by atoms with Gasteiger partial charge in [0.2, 0.25) is 0 Å². The van der Waals surface area contributed by atoms with Crippen molar-refractivity contribution in [2.75, 3.05) is 26.2 Å². The number of piperidine rings is 1. The topological polar surface area (TPSA) is 32.5 Å². The second-order valence-corrected chi connectivity index (χ2v) is 6.49. The molecule has 0 aromatic heterocycles. The molecule has 0 amide bonds. The van der Waals surface area contributed by atoms with Gasteiger partial charge in [-0.2, -0.15) is 0 Å². The van der Waals surface area contributed by atoms with E-state index in [1.807, 2.05) is 0 Å². The smallest absolute Gasteiger partial charge is 0.0473 e. The molecular weight excluding hydrogens is 222 g/mol. The molecule has 0 radical (unpaired) electrons. The highest BCUT2D eigenvalue weighted by Crippen LogP contribution is 2.34. The third kappa shape index (κ3) is 2.59. The summed E-state index contributed by atoms with van der Waals surface area (Å²) in [7, 11) is 0. The minimum atomic E-state index is 0.269. The Morgan fingerprint density at radius 3 is 2.61 bits per heavy atom. The van der Waals surface area contributed by atoms with Gasteiger partial charge >= 0.3 is 0 Å². The molecule has 0 spiro atoms. The molecule has 2 aliphatic rings. The second-order valence-electron chi connectivity index (χ2n) is 6.49. The van der Waals surface area contributed by atoms with Crippen molar-refractivity contribution in [1.29, 1.82) is 0 Å². The molecular formula is C15H31N3. The van der Waals surface area contributed by atoms with Crippen LogP contribution in [0.5, 0.6) is 0 Å². The van der Waals surface area contributed by atoms with E-state index in [2.05, 4.69) is 30.6 Å². The zero-order valence-electron chi connectivity index (χ0n) is 12.5. The van der Waals surface area contributed by atoms with Gasteiger partial charge in [0, 0.05) is 37.3 Å². The van der Waals surface area contributed by atoms with Gasteiger partial charge in [-0.1, -0.05) is 13.3 Å². The molecule has 0 saturated carbocycles. The molecule has 106 valence electrons. The molecule has 2 unspecified atom stereocenters. The van der Waals surface area contributed by atoms with Crippen LogP contribution in [0, 0.1) is 0 Å². The molecule has 3 nitrogen and oxygen atoms in total. The van der Waals surface area contributed by atoms with Crippen molar-refractivity contribution in [3.8, 4) is 0 Å². The van der Waals surface area contributed by atoms with Crippen molar-refractivity contribution in [3.63, 3.8) is 0 Å². The standard InChI is InChI=1S/C15H31N3/c1-4-14-7-5-6-9-18(14)15(11-16)8-10-17(12-15)13(2)3/h13-14H,4-12,16H2,1-3H3. The van der Waals surface area contributed by atoms with E-state index in [9.17, 15) is 0 Å². The largest absolute Gasteiger partial charge is 0.329 e. The fourth-order valence-corrected chi connectivity index (χ4v) is 3.90. The molecule has 2 heterocycles. The molecule has 0 aromatic carbocycles. The Kier molecular flexibility index (Phi) is 4.68. The average molecular weight is 253 g/mol. The van der Waals surface area contributed by atoms with Gasteiger partial charge in [-0.05, 0) is 46.1 Å². The third-order valence-electron chi connectivity index (χ3n) is 5.18. The molecule has 2 atom stereocenters. The fourth-order valence-electron chi connectivity index (χ4n) is 3.90. The van der Waals surface area contributed by atoms with E-state index in [1.54, 1.807) is 0 Å². The van der Waals surface area contributed by atoms with Gasteiger partial charge in [-0.25, -0.2) is 0 Å². The Morgan fingerprint density at radius 1 is 1.28 bits per heavy atom. The fraction of sp³-hybridized carbons (Fsp3) is 1.00. The van der Waals surface area contributed by atoms with Gasteiger partial charge in [0.25, 0.3) is 0 Å². The van der Waals surface area contributed by atoms with Crippen LogP contribution < -0.4 is 5.73 Å². The van der Waals surface area contributed by atoms with Crippen molar-refractivity contribution in [3.05, 3.63) is 0 Å². The van der Waals surface area contributed by atoms with Crippen LogP contribution in [0.25, 0.3) is 0 Å². The first-order valence-corrected chi connectivity index (χ1v) is 7.84. The zero-order valence-corrected chi connectivity index (χ0v) is 12.5. The lowest BCUT2D eigenvalue weighted by molar-refractivity contribution is 0.0234. The number of likely N-dealkylation sites (tertiary alicyclic amines) is 2. The maximum absolute atomic E-state index is 6.21. The van der Waals surface area contributed by atoms with Crippen LogP contribution in [0.15, 0.2) is 0 Å². The molecule has 0 bridgehead atoms. The minimum absolute atomic E-state index is 0.269. The van der Waals surface area contributed by atoms with Crippen LogP contribution in [0.1, 0.15) is 52.9 Å². The van der Waals surface area contributed by atoms with Crippen LogP contribution in [0.4, 0.5) is 0 Å². The van der Waals surface area contributed by atoms with Gasteiger partial charge in [-0.3, -0.25) is 9.80 Å². The molecule has 2 rings (SSSR count). The zero-order chi connectivity index (χ0) is 13.2. The number of nitrogens with two attached hydrogens (primary N) is 1. The Morgan fingerprint density at radius 2 is 2.06 bits per heavy atom. The Hall–Kier alpha value is -0.120. The molecule has 0 aliphatic carbocycles. The predicted octanol–water partition coefficient (Wildman–Crippen LogP) is 2.06. The summed E-state index contributed by atoms with van der Waals surface area (Å²) >= 11 is 0. The summed E-state index contributed by atoms with van der Waals surface area (Å²) in [6.45, 7) is 11.4. The van der Waals surface area contributed by atoms with Gasteiger partial charge in [-0.15, -0.1) is 0 Å². The summed E-state index contributed by atoms with van der Waals surface area (Å²) in [5.41, 5.74) is 6.48. The lowest BCUT2D eigenvalue weighted by Gasteiger charge is -2.48. The highest BCUT2D eigenvalue weighted by atomic mass is 15.3. The Labute approximate surface area is 113 Å². The average Bonchev–Trinajstić information content (AvgIpc) is 2.84. The predicted molar refractivity (Wildman–Crippen MR) is 77.7 cm³/mol. The van der Waals surface area contributed by atoms with Crippen molar-refractivity contribution in [2.24, 2.45) is 5.73 Å². The van der Waals surface area contributed by atoms with E-state index in [0.717, 1.165) is 12.6 Å². The molecule has 18 heavy (non-hydrogen) atoms. The molecule has 3 heteroatoms. The summed E-state index contributed by atoms with van der Waals surface area (Å²) in [5.74, 6) is 0. The van der Waals surface area contributed by atoms with E-state index in [-0.39, 0.29) is 5.54 Å². The maximum Gasteiger partial charge on any atom is 0.0473 e. The quantitative estimate of drug-likeness (QED) is 0.832. The van der Waals surface area contributed by atoms with Gasteiger partial charge < -0.3 is 5.73 Å². The molecule has 2 aliphatic heterocycles. The highest BCUT2D eigenvalue weighted by molar-refractivity contribution is 5.03. The summed E-state index contributed by atoms with van der Waals surface area (Å²) in [6.07, 6.45) is 6.69. The maximum atomic E-state index is 6.21. The summed E-state index contributed by atoms with van der Waals surface area (Å²) in [6, 6.07) is 1.43. The van der Waals surface area contributed by atoms with E-state index in [0.29, 0.717) is 6.04 Å². The summed E-state index contributed by atoms with van der Waals surface area (Å²) < 4.78 is 0. The normalized spacial score (nSPS) is 35.5. The summed E-state index contributed by atoms with van der Waals surface area (Å²) in [5, 5.41) is 0. The van der Waals surface area contributed by atoms with E-state index in [1.165, 1.54) is 51.7 Å². The number of rotatable bonds is 4. The summed E-state index contributed by atoms with van der Waals surface area (Å²) in [4.78, 5) is 5.38. The Bertz CT molecular complexity index is 266. The van der Waals surface area contributed by atoms with Crippen molar-refractivity contribution in [2.45, 2.75) is 70.5 Å². The van der Waals surface area contributed by atoms with Crippen LogP contribution in [-0.2, 0) is 0 Å². The monoisotopic (exact) mass is 253 g/mol. The van der Waals surface area contributed by atoms with Crippen LogP contribution in [0.3, 0.4) is 0 Å². The number of nitrogens with zero attached hydrogens (tertiary/aromatic N) is 2. The molecule has 0 aromatic rings. The highest BCUT2D eigenvalue weighted by Gasteiger charge is 2.45.